The second-order valence-electron chi connectivity index (χ2n) is 7.98. The molecule has 5 nitrogen and oxygen atoms in total. The van der Waals surface area contributed by atoms with Crippen molar-refractivity contribution in [3.05, 3.63) is 71.4 Å². The first kappa shape index (κ1) is 18.0. The standard InChI is InChI=1S/C24H25N3O2/c1-2-25-24(29)17-10-20-19-7-4-8-21-23(19)16(12-26-21)11-22(20)27(14-17)13-15-5-3-6-18(28)9-15/h3-10,12,17,22,26,28H,2,11,13-14H2,1H3,(H,25,29)/t17-,22-/m1/s1. The summed E-state index contributed by atoms with van der Waals surface area (Å²) in [7, 11) is 0. The van der Waals surface area contributed by atoms with Gasteiger partial charge in [0.15, 0.2) is 0 Å². The van der Waals surface area contributed by atoms with Gasteiger partial charge in [0.25, 0.3) is 0 Å². The van der Waals surface area contributed by atoms with Gasteiger partial charge >= 0.3 is 0 Å². The van der Waals surface area contributed by atoms with E-state index < -0.39 is 0 Å². The molecule has 0 saturated carbocycles. The summed E-state index contributed by atoms with van der Waals surface area (Å²) < 4.78 is 0. The fourth-order valence-electron chi connectivity index (χ4n) is 4.86. The highest BCUT2D eigenvalue weighted by Gasteiger charge is 2.37. The van der Waals surface area contributed by atoms with Crippen molar-refractivity contribution in [3.8, 4) is 5.75 Å². The van der Waals surface area contributed by atoms with Gasteiger partial charge in [-0.1, -0.05) is 30.3 Å². The molecular weight excluding hydrogens is 362 g/mol. The summed E-state index contributed by atoms with van der Waals surface area (Å²) in [6.45, 7) is 3.95. The molecule has 29 heavy (non-hydrogen) atoms. The zero-order valence-electron chi connectivity index (χ0n) is 16.5. The molecule has 2 aromatic carbocycles. The highest BCUT2D eigenvalue weighted by atomic mass is 16.3. The van der Waals surface area contributed by atoms with Gasteiger partial charge < -0.3 is 15.4 Å². The Morgan fingerprint density at radius 1 is 1.28 bits per heavy atom. The van der Waals surface area contributed by atoms with Crippen molar-refractivity contribution in [1.29, 1.82) is 0 Å². The molecule has 5 heteroatoms. The van der Waals surface area contributed by atoms with Gasteiger partial charge in [-0.15, -0.1) is 0 Å². The molecule has 1 amide bonds. The fourth-order valence-corrected chi connectivity index (χ4v) is 4.86. The van der Waals surface area contributed by atoms with Crippen molar-refractivity contribution >= 4 is 22.4 Å². The van der Waals surface area contributed by atoms with Gasteiger partial charge in [-0.05, 0) is 53.8 Å². The molecule has 1 aromatic heterocycles. The number of nitrogens with zero attached hydrogens (tertiary/aromatic N) is 1. The number of hydrogen-bond acceptors (Lipinski definition) is 3. The van der Waals surface area contributed by atoms with Crippen molar-refractivity contribution in [3.63, 3.8) is 0 Å². The van der Waals surface area contributed by atoms with Crippen LogP contribution in [0.25, 0.3) is 16.5 Å². The number of nitrogens with one attached hydrogen (secondary N) is 2. The van der Waals surface area contributed by atoms with E-state index in [0.717, 1.165) is 17.5 Å². The minimum atomic E-state index is -0.186. The zero-order valence-corrected chi connectivity index (χ0v) is 16.5. The zero-order chi connectivity index (χ0) is 20.0. The third-order valence-electron chi connectivity index (χ3n) is 6.11. The lowest BCUT2D eigenvalue weighted by molar-refractivity contribution is -0.124. The third kappa shape index (κ3) is 3.12. The van der Waals surface area contributed by atoms with Gasteiger partial charge in [-0.3, -0.25) is 9.69 Å². The van der Waals surface area contributed by atoms with Crippen LogP contribution in [-0.4, -0.2) is 40.0 Å². The molecule has 0 radical (unpaired) electrons. The van der Waals surface area contributed by atoms with Crippen LogP contribution in [0.3, 0.4) is 0 Å². The van der Waals surface area contributed by atoms with E-state index >= 15 is 0 Å². The van der Waals surface area contributed by atoms with Crippen molar-refractivity contribution < 1.29 is 9.90 Å². The first-order valence-electron chi connectivity index (χ1n) is 10.2. The first-order chi connectivity index (χ1) is 14.1. The number of phenolic OH excluding ortho intramolecular Hbond substituents is 1. The number of benzene rings is 2. The van der Waals surface area contributed by atoms with Crippen molar-refractivity contribution in [2.45, 2.75) is 25.9 Å². The van der Waals surface area contributed by atoms with Gasteiger partial charge in [-0.25, -0.2) is 0 Å². The summed E-state index contributed by atoms with van der Waals surface area (Å²) >= 11 is 0. The second kappa shape index (κ2) is 7.08. The lowest BCUT2D eigenvalue weighted by Gasteiger charge is -2.41. The Hall–Kier alpha value is -3.05. The number of carbonyl (C=O) groups excluding carboxylic acids is 1. The normalized spacial score (nSPS) is 20.9. The van der Waals surface area contributed by atoms with Crippen LogP contribution in [0.2, 0.25) is 0 Å². The lowest BCUT2D eigenvalue weighted by atomic mass is 9.79. The number of amides is 1. The van der Waals surface area contributed by atoms with Gasteiger partial charge in [0.1, 0.15) is 5.75 Å². The number of fused-ring (bicyclic) bond motifs is 2. The fraction of sp³-hybridized carbons (Fsp3) is 0.292. The Morgan fingerprint density at radius 3 is 2.97 bits per heavy atom. The summed E-state index contributed by atoms with van der Waals surface area (Å²) in [6.07, 6.45) is 5.22. The maximum absolute atomic E-state index is 12.7. The Labute approximate surface area is 170 Å². The molecular formula is C24H25N3O2. The number of rotatable bonds is 4. The maximum atomic E-state index is 12.7. The van der Waals surface area contributed by atoms with E-state index in [1.807, 2.05) is 25.1 Å². The molecule has 3 aromatic rings. The first-order valence-corrected chi connectivity index (χ1v) is 10.2. The van der Waals surface area contributed by atoms with Crippen molar-refractivity contribution in [2.75, 3.05) is 13.1 Å². The molecule has 1 aliphatic carbocycles. The Bertz CT molecular complexity index is 1110. The minimum absolute atomic E-state index is 0.0754. The van der Waals surface area contributed by atoms with Crippen LogP contribution in [0.5, 0.6) is 5.75 Å². The van der Waals surface area contributed by atoms with Gasteiger partial charge in [0.05, 0.1) is 5.92 Å². The van der Waals surface area contributed by atoms with Crippen LogP contribution in [0, 0.1) is 5.92 Å². The van der Waals surface area contributed by atoms with Crippen LogP contribution in [0.1, 0.15) is 23.6 Å². The van der Waals surface area contributed by atoms with E-state index in [9.17, 15) is 9.90 Å². The summed E-state index contributed by atoms with van der Waals surface area (Å²) in [5.41, 5.74) is 6.00. The van der Waals surface area contributed by atoms with E-state index in [2.05, 4.69) is 45.7 Å². The van der Waals surface area contributed by atoms with Gasteiger partial charge in [-0.2, -0.15) is 0 Å². The van der Waals surface area contributed by atoms with Crippen LogP contribution in [-0.2, 0) is 17.8 Å². The molecule has 2 heterocycles. The number of hydrogen-bond donors (Lipinski definition) is 3. The molecule has 3 N–H and O–H groups in total. The highest BCUT2D eigenvalue weighted by Crippen LogP contribution is 2.41. The summed E-state index contributed by atoms with van der Waals surface area (Å²) in [4.78, 5) is 18.5. The molecule has 2 atom stereocenters. The SMILES string of the molecule is CCNC(=O)[C@@H]1C=C2c3cccc4[nH]cc(c34)C[C@H]2N(Cc2cccc(O)c2)C1. The molecule has 0 saturated heterocycles. The number of aromatic hydroxyl groups is 1. The smallest absolute Gasteiger partial charge is 0.228 e. The average molecular weight is 387 g/mol. The van der Waals surface area contributed by atoms with Crippen molar-refractivity contribution in [2.24, 2.45) is 5.92 Å². The number of aromatic nitrogens is 1. The minimum Gasteiger partial charge on any atom is -0.508 e. The number of aromatic amines is 1. The van der Waals surface area contributed by atoms with E-state index in [4.69, 9.17) is 0 Å². The Balaban J connectivity index is 1.58. The number of phenols is 1. The van der Waals surface area contributed by atoms with Gasteiger partial charge in [0.2, 0.25) is 5.91 Å². The molecule has 0 fully saturated rings. The number of H-pyrrole nitrogens is 1. The molecule has 5 rings (SSSR count). The monoisotopic (exact) mass is 387 g/mol. The largest absolute Gasteiger partial charge is 0.508 e. The van der Waals surface area contributed by atoms with Crippen LogP contribution >= 0.6 is 0 Å². The summed E-state index contributed by atoms with van der Waals surface area (Å²) in [6, 6.07) is 14.0. The summed E-state index contributed by atoms with van der Waals surface area (Å²) in [5.74, 6) is 0.164. The predicted molar refractivity (Wildman–Crippen MR) is 114 cm³/mol. The van der Waals surface area contributed by atoms with E-state index in [1.165, 1.54) is 22.1 Å². The van der Waals surface area contributed by atoms with Crippen LogP contribution < -0.4 is 5.32 Å². The molecule has 0 bridgehead atoms. The quantitative estimate of drug-likeness (QED) is 0.642. The lowest BCUT2D eigenvalue weighted by Crippen LogP contribution is -2.48. The van der Waals surface area contributed by atoms with E-state index in [-0.39, 0.29) is 23.6 Å². The van der Waals surface area contributed by atoms with Crippen molar-refractivity contribution in [1.82, 2.24) is 15.2 Å². The molecule has 148 valence electrons. The third-order valence-corrected chi connectivity index (χ3v) is 6.11. The summed E-state index contributed by atoms with van der Waals surface area (Å²) in [5, 5.41) is 14.2. The van der Waals surface area contributed by atoms with Crippen LogP contribution in [0.4, 0.5) is 0 Å². The topological polar surface area (TPSA) is 68.4 Å². The van der Waals surface area contributed by atoms with Crippen LogP contribution in [0.15, 0.2) is 54.7 Å². The molecule has 1 aliphatic heterocycles. The van der Waals surface area contributed by atoms with E-state index in [1.54, 1.807) is 6.07 Å². The molecule has 0 unspecified atom stereocenters. The van der Waals surface area contributed by atoms with E-state index in [0.29, 0.717) is 19.6 Å². The highest BCUT2D eigenvalue weighted by molar-refractivity contribution is 5.99. The average Bonchev–Trinajstić information content (AvgIpc) is 3.13. The second-order valence-corrected chi connectivity index (χ2v) is 7.98. The Morgan fingerprint density at radius 2 is 2.14 bits per heavy atom. The van der Waals surface area contributed by atoms with Gasteiger partial charge in [0, 0.05) is 42.8 Å². The predicted octanol–water partition coefficient (Wildman–Crippen LogP) is 3.45. The maximum Gasteiger partial charge on any atom is 0.228 e. The molecule has 0 spiro atoms. The molecule has 2 aliphatic rings. The number of carbonyl (C=O) groups is 1. The Kier molecular flexibility index (Phi) is 4.40.